The van der Waals surface area contributed by atoms with Crippen molar-refractivity contribution in [1.82, 2.24) is 9.80 Å². The molecule has 0 aliphatic heterocycles. The van der Waals surface area contributed by atoms with Gasteiger partial charge in [0.2, 0.25) is 5.91 Å². The summed E-state index contributed by atoms with van der Waals surface area (Å²) in [5, 5.41) is 9.24. The summed E-state index contributed by atoms with van der Waals surface area (Å²) in [6, 6.07) is 0. The first-order valence-electron chi connectivity index (χ1n) is 7.59. The Labute approximate surface area is 117 Å². The zero-order valence-electron chi connectivity index (χ0n) is 12.8. The lowest BCUT2D eigenvalue weighted by atomic mass is 9.89. The maximum atomic E-state index is 12.1. The molecule has 0 aromatic carbocycles. The SMILES string of the molecule is CC(O)CCN(C)CC(=O)N(C)CC1CCCCC1. The summed E-state index contributed by atoms with van der Waals surface area (Å²) in [5.74, 6) is 0.893. The Morgan fingerprint density at radius 2 is 1.89 bits per heavy atom. The summed E-state index contributed by atoms with van der Waals surface area (Å²) in [6.45, 7) is 3.91. The molecule has 0 saturated heterocycles. The molecule has 1 fully saturated rings. The molecular weight excluding hydrogens is 240 g/mol. The zero-order chi connectivity index (χ0) is 14.3. The van der Waals surface area contributed by atoms with Crippen LogP contribution in [0.15, 0.2) is 0 Å². The fourth-order valence-corrected chi connectivity index (χ4v) is 2.70. The third-order valence-corrected chi connectivity index (χ3v) is 4.02. The summed E-state index contributed by atoms with van der Waals surface area (Å²) in [5.41, 5.74) is 0. The summed E-state index contributed by atoms with van der Waals surface area (Å²) >= 11 is 0. The van der Waals surface area contributed by atoms with E-state index in [0.29, 0.717) is 12.5 Å². The number of hydrogen-bond acceptors (Lipinski definition) is 3. The fourth-order valence-electron chi connectivity index (χ4n) is 2.70. The van der Waals surface area contributed by atoms with Crippen LogP contribution in [0.2, 0.25) is 0 Å². The molecule has 0 heterocycles. The second-order valence-corrected chi connectivity index (χ2v) is 6.15. The molecule has 1 rings (SSSR count). The lowest BCUT2D eigenvalue weighted by Crippen LogP contribution is -2.40. The Bertz CT molecular complexity index is 263. The lowest BCUT2D eigenvalue weighted by molar-refractivity contribution is -0.131. The number of amides is 1. The Morgan fingerprint density at radius 1 is 1.26 bits per heavy atom. The third kappa shape index (κ3) is 6.92. The highest BCUT2D eigenvalue weighted by molar-refractivity contribution is 5.77. The molecule has 4 nitrogen and oxygen atoms in total. The van der Waals surface area contributed by atoms with Crippen LogP contribution >= 0.6 is 0 Å². The van der Waals surface area contributed by atoms with Crippen molar-refractivity contribution < 1.29 is 9.90 Å². The predicted octanol–water partition coefficient (Wildman–Crippen LogP) is 1.73. The molecule has 4 heteroatoms. The minimum atomic E-state index is -0.294. The Balaban J connectivity index is 2.23. The Hall–Kier alpha value is -0.610. The molecule has 19 heavy (non-hydrogen) atoms. The van der Waals surface area contributed by atoms with Crippen molar-refractivity contribution in [2.75, 3.05) is 33.7 Å². The summed E-state index contributed by atoms with van der Waals surface area (Å²) in [4.78, 5) is 16.0. The van der Waals surface area contributed by atoms with Gasteiger partial charge in [0.15, 0.2) is 0 Å². The van der Waals surface area contributed by atoms with E-state index in [1.807, 2.05) is 23.9 Å². The van der Waals surface area contributed by atoms with E-state index in [2.05, 4.69) is 0 Å². The topological polar surface area (TPSA) is 43.8 Å². The maximum Gasteiger partial charge on any atom is 0.236 e. The van der Waals surface area contributed by atoms with Gasteiger partial charge in [-0.25, -0.2) is 0 Å². The minimum absolute atomic E-state index is 0.193. The van der Waals surface area contributed by atoms with Gasteiger partial charge in [-0.05, 0) is 39.2 Å². The van der Waals surface area contributed by atoms with Crippen LogP contribution in [0.5, 0.6) is 0 Å². The molecule has 1 atom stereocenters. The van der Waals surface area contributed by atoms with Gasteiger partial charge < -0.3 is 10.0 Å². The number of rotatable bonds is 7. The Kier molecular flexibility index (Phi) is 7.39. The van der Waals surface area contributed by atoms with E-state index in [-0.39, 0.29) is 12.0 Å². The number of likely N-dealkylation sites (N-methyl/N-ethyl adjacent to an activating group) is 2. The second-order valence-electron chi connectivity index (χ2n) is 6.15. The van der Waals surface area contributed by atoms with Crippen LogP contribution in [0.3, 0.4) is 0 Å². The van der Waals surface area contributed by atoms with E-state index in [0.717, 1.165) is 19.5 Å². The first-order chi connectivity index (χ1) is 8.99. The van der Waals surface area contributed by atoms with Crippen molar-refractivity contribution in [1.29, 1.82) is 0 Å². The van der Waals surface area contributed by atoms with Crippen LogP contribution in [0.25, 0.3) is 0 Å². The maximum absolute atomic E-state index is 12.1. The van der Waals surface area contributed by atoms with E-state index < -0.39 is 0 Å². The number of aliphatic hydroxyl groups is 1. The molecule has 1 aliphatic carbocycles. The lowest BCUT2D eigenvalue weighted by Gasteiger charge is -2.28. The molecule has 0 aromatic heterocycles. The molecule has 1 amide bonds. The average molecular weight is 270 g/mol. The third-order valence-electron chi connectivity index (χ3n) is 4.02. The van der Waals surface area contributed by atoms with Gasteiger partial charge in [-0.2, -0.15) is 0 Å². The first-order valence-corrected chi connectivity index (χ1v) is 7.59. The van der Waals surface area contributed by atoms with Gasteiger partial charge in [-0.3, -0.25) is 9.69 Å². The second kappa shape index (κ2) is 8.54. The normalized spacial score (nSPS) is 18.6. The molecule has 0 aromatic rings. The van der Waals surface area contributed by atoms with Crippen molar-refractivity contribution in [3.8, 4) is 0 Å². The summed E-state index contributed by atoms with van der Waals surface area (Å²) in [7, 11) is 3.86. The van der Waals surface area contributed by atoms with Crippen molar-refractivity contribution in [2.24, 2.45) is 5.92 Å². The van der Waals surface area contributed by atoms with Crippen molar-refractivity contribution in [3.63, 3.8) is 0 Å². The Morgan fingerprint density at radius 3 is 2.47 bits per heavy atom. The van der Waals surface area contributed by atoms with Gasteiger partial charge in [0.05, 0.1) is 12.6 Å². The predicted molar refractivity (Wildman–Crippen MR) is 78.0 cm³/mol. The van der Waals surface area contributed by atoms with E-state index in [1.54, 1.807) is 6.92 Å². The van der Waals surface area contributed by atoms with Crippen molar-refractivity contribution >= 4 is 5.91 Å². The van der Waals surface area contributed by atoms with E-state index in [9.17, 15) is 9.90 Å². The molecule has 1 saturated carbocycles. The van der Waals surface area contributed by atoms with Crippen LogP contribution in [0.1, 0.15) is 45.4 Å². The monoisotopic (exact) mass is 270 g/mol. The number of carbonyl (C=O) groups excluding carboxylic acids is 1. The standard InChI is InChI=1S/C15H30N2O2/c1-13(18)9-10-16(2)12-15(19)17(3)11-14-7-5-4-6-8-14/h13-14,18H,4-12H2,1-3H3. The molecule has 0 bridgehead atoms. The number of nitrogens with zero attached hydrogens (tertiary/aromatic N) is 2. The van der Waals surface area contributed by atoms with Gasteiger partial charge in [-0.15, -0.1) is 0 Å². The minimum Gasteiger partial charge on any atom is -0.393 e. The number of carbonyl (C=O) groups is 1. The van der Waals surface area contributed by atoms with Gasteiger partial charge in [0, 0.05) is 20.1 Å². The van der Waals surface area contributed by atoms with E-state index >= 15 is 0 Å². The van der Waals surface area contributed by atoms with Gasteiger partial charge in [0.25, 0.3) is 0 Å². The molecule has 1 N–H and O–H groups in total. The van der Waals surface area contributed by atoms with Crippen LogP contribution < -0.4 is 0 Å². The van der Waals surface area contributed by atoms with E-state index in [1.165, 1.54) is 32.1 Å². The van der Waals surface area contributed by atoms with Crippen LogP contribution in [-0.4, -0.2) is 60.6 Å². The van der Waals surface area contributed by atoms with Gasteiger partial charge in [0.1, 0.15) is 0 Å². The first kappa shape index (κ1) is 16.4. The van der Waals surface area contributed by atoms with Crippen molar-refractivity contribution in [3.05, 3.63) is 0 Å². The highest BCUT2D eigenvalue weighted by atomic mass is 16.3. The molecule has 112 valence electrons. The van der Waals surface area contributed by atoms with E-state index in [4.69, 9.17) is 0 Å². The van der Waals surface area contributed by atoms with Gasteiger partial charge >= 0.3 is 0 Å². The number of hydrogen-bond donors (Lipinski definition) is 1. The van der Waals surface area contributed by atoms with Crippen LogP contribution in [0.4, 0.5) is 0 Å². The molecular formula is C15H30N2O2. The zero-order valence-corrected chi connectivity index (χ0v) is 12.8. The number of aliphatic hydroxyl groups excluding tert-OH is 1. The fraction of sp³-hybridized carbons (Fsp3) is 0.933. The quantitative estimate of drug-likeness (QED) is 0.766. The summed E-state index contributed by atoms with van der Waals surface area (Å²) < 4.78 is 0. The van der Waals surface area contributed by atoms with Crippen LogP contribution in [-0.2, 0) is 4.79 Å². The smallest absolute Gasteiger partial charge is 0.236 e. The van der Waals surface area contributed by atoms with Crippen molar-refractivity contribution in [2.45, 2.75) is 51.6 Å². The van der Waals surface area contributed by atoms with Gasteiger partial charge in [-0.1, -0.05) is 19.3 Å². The highest BCUT2D eigenvalue weighted by Crippen LogP contribution is 2.24. The molecule has 1 aliphatic rings. The molecule has 0 spiro atoms. The molecule has 0 radical (unpaired) electrons. The van der Waals surface area contributed by atoms with Crippen LogP contribution in [0, 0.1) is 5.92 Å². The largest absolute Gasteiger partial charge is 0.393 e. The average Bonchev–Trinajstić information content (AvgIpc) is 2.37. The highest BCUT2D eigenvalue weighted by Gasteiger charge is 2.19. The molecule has 1 unspecified atom stereocenters. The summed E-state index contributed by atoms with van der Waals surface area (Å²) in [6.07, 6.45) is 6.97.